The molecule has 0 aliphatic rings. The first-order chi connectivity index (χ1) is 10.0. The van der Waals surface area contributed by atoms with Crippen LogP contribution in [0.5, 0.6) is 0 Å². The molecule has 108 valence electrons. The molecule has 2 aromatic heterocycles. The first kappa shape index (κ1) is 14.0. The highest BCUT2D eigenvalue weighted by atomic mass is 35.5. The van der Waals surface area contributed by atoms with E-state index in [9.17, 15) is 0 Å². The quantitative estimate of drug-likeness (QED) is 0.713. The average molecular weight is 300 g/mol. The SMILES string of the molecule is Cc1c[nH]c2ncc(-c3ccc(Cl)c(NC(C)C)c3)cc12. The minimum absolute atomic E-state index is 0.338. The number of nitrogens with zero attached hydrogens (tertiary/aromatic N) is 1. The highest BCUT2D eigenvalue weighted by molar-refractivity contribution is 6.33. The molecular formula is C17H18ClN3. The second-order valence-corrected chi connectivity index (χ2v) is 5.99. The number of aryl methyl sites for hydroxylation is 1. The number of fused-ring (bicyclic) bond motifs is 1. The van der Waals surface area contributed by atoms with Crippen LogP contribution in [0.2, 0.25) is 5.02 Å². The Bertz CT molecular complexity index is 790. The molecule has 4 heteroatoms. The Hall–Kier alpha value is -2.00. The van der Waals surface area contributed by atoms with Gasteiger partial charge in [0.25, 0.3) is 0 Å². The van der Waals surface area contributed by atoms with Crippen molar-refractivity contribution < 1.29 is 0 Å². The summed E-state index contributed by atoms with van der Waals surface area (Å²) >= 11 is 6.25. The van der Waals surface area contributed by atoms with Crippen LogP contribution < -0.4 is 5.32 Å². The van der Waals surface area contributed by atoms with E-state index >= 15 is 0 Å². The number of H-pyrrole nitrogens is 1. The maximum atomic E-state index is 6.25. The van der Waals surface area contributed by atoms with Crippen molar-refractivity contribution in [1.29, 1.82) is 0 Å². The number of aromatic amines is 1. The van der Waals surface area contributed by atoms with Crippen LogP contribution in [0, 0.1) is 6.92 Å². The number of hydrogen-bond donors (Lipinski definition) is 2. The fourth-order valence-electron chi connectivity index (χ4n) is 2.42. The molecule has 0 radical (unpaired) electrons. The molecule has 2 heterocycles. The molecule has 0 fully saturated rings. The molecule has 0 spiro atoms. The van der Waals surface area contributed by atoms with Gasteiger partial charge in [-0.25, -0.2) is 4.98 Å². The number of halogens is 1. The van der Waals surface area contributed by atoms with Gasteiger partial charge in [0.05, 0.1) is 10.7 Å². The maximum absolute atomic E-state index is 6.25. The summed E-state index contributed by atoms with van der Waals surface area (Å²) in [6, 6.07) is 8.53. The molecule has 0 amide bonds. The Balaban J connectivity index is 2.07. The van der Waals surface area contributed by atoms with Gasteiger partial charge in [-0.2, -0.15) is 0 Å². The Morgan fingerprint density at radius 2 is 2.00 bits per heavy atom. The number of hydrogen-bond acceptors (Lipinski definition) is 2. The van der Waals surface area contributed by atoms with Crippen LogP contribution in [0.25, 0.3) is 22.2 Å². The molecule has 0 unspecified atom stereocenters. The largest absolute Gasteiger partial charge is 0.382 e. The molecule has 3 rings (SSSR count). The van der Waals surface area contributed by atoms with Crippen molar-refractivity contribution in [3.63, 3.8) is 0 Å². The van der Waals surface area contributed by atoms with Crippen molar-refractivity contribution in [2.24, 2.45) is 0 Å². The van der Waals surface area contributed by atoms with Crippen LogP contribution in [0.4, 0.5) is 5.69 Å². The van der Waals surface area contributed by atoms with Gasteiger partial charge in [-0.1, -0.05) is 17.7 Å². The number of pyridine rings is 1. The molecule has 3 nitrogen and oxygen atoms in total. The smallest absolute Gasteiger partial charge is 0.137 e. The van der Waals surface area contributed by atoms with Gasteiger partial charge in [-0.05, 0) is 50.1 Å². The molecule has 2 N–H and O–H groups in total. The van der Waals surface area contributed by atoms with E-state index in [2.05, 4.69) is 48.2 Å². The van der Waals surface area contributed by atoms with E-state index < -0.39 is 0 Å². The number of anilines is 1. The van der Waals surface area contributed by atoms with Gasteiger partial charge in [0.2, 0.25) is 0 Å². The minimum atomic E-state index is 0.338. The highest BCUT2D eigenvalue weighted by Gasteiger charge is 2.08. The molecule has 0 aliphatic carbocycles. The Kier molecular flexibility index (Phi) is 3.60. The van der Waals surface area contributed by atoms with Gasteiger partial charge in [-0.15, -0.1) is 0 Å². The monoisotopic (exact) mass is 299 g/mol. The number of benzene rings is 1. The van der Waals surface area contributed by atoms with Crippen molar-refractivity contribution in [2.75, 3.05) is 5.32 Å². The van der Waals surface area contributed by atoms with Crippen LogP contribution in [-0.4, -0.2) is 16.0 Å². The van der Waals surface area contributed by atoms with Crippen LogP contribution in [0.1, 0.15) is 19.4 Å². The van der Waals surface area contributed by atoms with Crippen molar-refractivity contribution in [2.45, 2.75) is 26.8 Å². The van der Waals surface area contributed by atoms with E-state index in [0.717, 1.165) is 32.9 Å². The minimum Gasteiger partial charge on any atom is -0.382 e. The summed E-state index contributed by atoms with van der Waals surface area (Å²) in [4.78, 5) is 7.65. The molecule has 21 heavy (non-hydrogen) atoms. The first-order valence-corrected chi connectivity index (χ1v) is 7.42. The van der Waals surface area contributed by atoms with E-state index in [1.807, 2.05) is 24.5 Å². The highest BCUT2D eigenvalue weighted by Crippen LogP contribution is 2.30. The van der Waals surface area contributed by atoms with E-state index in [1.54, 1.807) is 0 Å². The zero-order chi connectivity index (χ0) is 15.0. The second-order valence-electron chi connectivity index (χ2n) is 5.59. The summed E-state index contributed by atoms with van der Waals surface area (Å²) in [6.07, 6.45) is 3.87. The third-order valence-electron chi connectivity index (χ3n) is 3.48. The van der Waals surface area contributed by atoms with E-state index in [-0.39, 0.29) is 0 Å². The third kappa shape index (κ3) is 2.74. The van der Waals surface area contributed by atoms with E-state index in [4.69, 9.17) is 11.6 Å². The average Bonchev–Trinajstić information content (AvgIpc) is 2.82. The van der Waals surface area contributed by atoms with Crippen molar-refractivity contribution in [1.82, 2.24) is 9.97 Å². The second kappa shape index (κ2) is 5.41. The van der Waals surface area contributed by atoms with E-state index in [0.29, 0.717) is 6.04 Å². The van der Waals surface area contributed by atoms with Gasteiger partial charge in [0.15, 0.2) is 0 Å². The lowest BCUT2D eigenvalue weighted by Crippen LogP contribution is -2.09. The molecule has 0 bridgehead atoms. The molecule has 0 saturated heterocycles. The lowest BCUT2D eigenvalue weighted by Gasteiger charge is -2.13. The predicted octanol–water partition coefficient (Wildman–Crippen LogP) is 5.01. The zero-order valence-electron chi connectivity index (χ0n) is 12.4. The molecule has 0 aliphatic heterocycles. The summed E-state index contributed by atoms with van der Waals surface area (Å²) in [6.45, 7) is 6.28. The molecule has 3 aromatic rings. The van der Waals surface area contributed by atoms with Gasteiger partial charge >= 0.3 is 0 Å². The Morgan fingerprint density at radius 3 is 2.76 bits per heavy atom. The summed E-state index contributed by atoms with van der Waals surface area (Å²) < 4.78 is 0. The van der Waals surface area contributed by atoms with E-state index in [1.165, 1.54) is 5.56 Å². The Morgan fingerprint density at radius 1 is 1.19 bits per heavy atom. The summed E-state index contributed by atoms with van der Waals surface area (Å²) in [7, 11) is 0. The van der Waals surface area contributed by atoms with Gasteiger partial charge < -0.3 is 10.3 Å². The fraction of sp³-hybridized carbons (Fsp3) is 0.235. The maximum Gasteiger partial charge on any atom is 0.137 e. The predicted molar refractivity (Wildman–Crippen MR) is 90.0 cm³/mol. The van der Waals surface area contributed by atoms with Crippen LogP contribution in [-0.2, 0) is 0 Å². The first-order valence-electron chi connectivity index (χ1n) is 7.05. The fourth-order valence-corrected chi connectivity index (χ4v) is 2.59. The number of nitrogens with one attached hydrogen (secondary N) is 2. The number of aromatic nitrogens is 2. The lowest BCUT2D eigenvalue weighted by atomic mass is 10.0. The van der Waals surface area contributed by atoms with Crippen LogP contribution >= 0.6 is 11.6 Å². The van der Waals surface area contributed by atoms with Gasteiger partial charge in [-0.3, -0.25) is 0 Å². The normalized spacial score (nSPS) is 11.3. The number of rotatable bonds is 3. The third-order valence-corrected chi connectivity index (χ3v) is 3.81. The van der Waals surface area contributed by atoms with Crippen molar-refractivity contribution in [3.8, 4) is 11.1 Å². The standard InChI is InChI=1S/C17H18ClN3/c1-10(2)21-16-7-12(4-5-15(16)18)13-6-14-11(3)8-19-17(14)20-9-13/h4-10,21H,1-3H3,(H,19,20). The van der Waals surface area contributed by atoms with Gasteiger partial charge in [0, 0.05) is 29.4 Å². The summed E-state index contributed by atoms with van der Waals surface area (Å²) in [5.74, 6) is 0. The van der Waals surface area contributed by atoms with Crippen LogP contribution in [0.3, 0.4) is 0 Å². The molecular weight excluding hydrogens is 282 g/mol. The topological polar surface area (TPSA) is 40.7 Å². The van der Waals surface area contributed by atoms with Crippen molar-refractivity contribution in [3.05, 3.63) is 47.2 Å². The Labute approximate surface area is 129 Å². The summed E-state index contributed by atoms with van der Waals surface area (Å²) in [5.41, 5.74) is 5.28. The lowest BCUT2D eigenvalue weighted by molar-refractivity contribution is 0.900. The zero-order valence-corrected chi connectivity index (χ0v) is 13.1. The molecule has 0 atom stereocenters. The molecule has 1 aromatic carbocycles. The summed E-state index contributed by atoms with van der Waals surface area (Å²) in [5, 5.41) is 5.26. The molecule has 0 saturated carbocycles. The van der Waals surface area contributed by atoms with Crippen LogP contribution in [0.15, 0.2) is 36.7 Å². The van der Waals surface area contributed by atoms with Crippen molar-refractivity contribution >= 4 is 28.3 Å². The van der Waals surface area contributed by atoms with Gasteiger partial charge in [0.1, 0.15) is 5.65 Å².